The topological polar surface area (TPSA) is 88.5 Å². The summed E-state index contributed by atoms with van der Waals surface area (Å²) in [6, 6.07) is -0.125. The van der Waals surface area contributed by atoms with Crippen LogP contribution in [0.15, 0.2) is 18.7 Å². The highest BCUT2D eigenvalue weighted by Gasteiger charge is 2.15. The SMILES string of the molecule is CCCn1ncnc1[C@H](C)NC(=O)CCCc1cn[nH]c1. The molecule has 2 N–H and O–H groups in total. The van der Waals surface area contributed by atoms with Gasteiger partial charge in [-0.15, -0.1) is 0 Å². The Kier molecular flexibility index (Phi) is 5.48. The molecule has 114 valence electrons. The molecule has 0 saturated carbocycles. The van der Waals surface area contributed by atoms with E-state index in [1.807, 2.05) is 17.8 Å². The monoisotopic (exact) mass is 290 g/mol. The molecule has 2 aromatic heterocycles. The smallest absolute Gasteiger partial charge is 0.220 e. The average Bonchev–Trinajstić information content (AvgIpc) is 3.10. The zero-order valence-electron chi connectivity index (χ0n) is 12.5. The molecular weight excluding hydrogens is 268 g/mol. The summed E-state index contributed by atoms with van der Waals surface area (Å²) in [5, 5.41) is 13.8. The summed E-state index contributed by atoms with van der Waals surface area (Å²) in [7, 11) is 0. The Balaban J connectivity index is 1.77. The third-order valence-corrected chi connectivity index (χ3v) is 3.27. The number of nitrogens with one attached hydrogen (secondary N) is 2. The van der Waals surface area contributed by atoms with Crippen LogP contribution in [-0.4, -0.2) is 30.9 Å². The van der Waals surface area contributed by atoms with Crippen molar-refractivity contribution in [1.82, 2.24) is 30.3 Å². The number of aryl methyl sites for hydroxylation is 2. The van der Waals surface area contributed by atoms with E-state index in [1.165, 1.54) is 6.33 Å². The molecule has 2 rings (SSSR count). The molecule has 0 unspecified atom stereocenters. The summed E-state index contributed by atoms with van der Waals surface area (Å²) in [5.41, 5.74) is 1.12. The first kappa shape index (κ1) is 15.2. The second-order valence-electron chi connectivity index (χ2n) is 5.09. The van der Waals surface area contributed by atoms with E-state index in [1.54, 1.807) is 6.20 Å². The molecule has 0 aliphatic carbocycles. The second-order valence-corrected chi connectivity index (χ2v) is 5.09. The fourth-order valence-electron chi connectivity index (χ4n) is 2.24. The van der Waals surface area contributed by atoms with Gasteiger partial charge in [-0.3, -0.25) is 9.89 Å². The summed E-state index contributed by atoms with van der Waals surface area (Å²) in [4.78, 5) is 16.2. The predicted octanol–water partition coefficient (Wildman–Crippen LogP) is 1.61. The quantitative estimate of drug-likeness (QED) is 0.773. The maximum atomic E-state index is 12.0. The first-order valence-corrected chi connectivity index (χ1v) is 7.35. The minimum absolute atomic E-state index is 0.0389. The standard InChI is InChI=1S/C14H22N6O/c1-3-7-20-14(15-10-18-20)11(2)19-13(21)6-4-5-12-8-16-17-9-12/h8-11H,3-7H2,1-2H3,(H,16,17)(H,19,21)/t11-/m0/s1. The number of rotatable bonds is 8. The number of nitrogens with zero attached hydrogens (tertiary/aromatic N) is 4. The van der Waals surface area contributed by atoms with E-state index in [0.29, 0.717) is 6.42 Å². The Labute approximate surface area is 124 Å². The Bertz CT molecular complexity index is 548. The molecule has 2 aromatic rings. The van der Waals surface area contributed by atoms with Gasteiger partial charge in [0.15, 0.2) is 0 Å². The summed E-state index contributed by atoms with van der Waals surface area (Å²) in [6.45, 7) is 4.84. The number of aromatic amines is 1. The third kappa shape index (κ3) is 4.40. The third-order valence-electron chi connectivity index (χ3n) is 3.27. The molecule has 1 atom stereocenters. The number of aromatic nitrogens is 5. The second kappa shape index (κ2) is 7.56. The number of carbonyl (C=O) groups excluding carboxylic acids is 1. The molecule has 2 heterocycles. The van der Waals surface area contributed by atoms with Gasteiger partial charge in [0.1, 0.15) is 12.2 Å². The van der Waals surface area contributed by atoms with Gasteiger partial charge in [-0.05, 0) is 31.7 Å². The van der Waals surface area contributed by atoms with Crippen LogP contribution in [0.1, 0.15) is 50.5 Å². The van der Waals surface area contributed by atoms with E-state index >= 15 is 0 Å². The lowest BCUT2D eigenvalue weighted by Crippen LogP contribution is -2.28. The van der Waals surface area contributed by atoms with Gasteiger partial charge in [0.2, 0.25) is 5.91 Å². The summed E-state index contributed by atoms with van der Waals surface area (Å²) >= 11 is 0. The van der Waals surface area contributed by atoms with Gasteiger partial charge in [0.25, 0.3) is 0 Å². The summed E-state index contributed by atoms with van der Waals surface area (Å²) in [6.07, 6.45) is 8.32. The Morgan fingerprint density at radius 1 is 1.52 bits per heavy atom. The van der Waals surface area contributed by atoms with Gasteiger partial charge in [-0.25, -0.2) is 9.67 Å². The highest BCUT2D eigenvalue weighted by atomic mass is 16.1. The minimum atomic E-state index is -0.125. The molecule has 1 amide bonds. The van der Waals surface area contributed by atoms with Crippen LogP contribution in [0.2, 0.25) is 0 Å². The van der Waals surface area contributed by atoms with Crippen LogP contribution < -0.4 is 5.32 Å². The van der Waals surface area contributed by atoms with Crippen molar-refractivity contribution >= 4 is 5.91 Å². The highest BCUT2D eigenvalue weighted by molar-refractivity contribution is 5.76. The van der Waals surface area contributed by atoms with Crippen molar-refractivity contribution < 1.29 is 4.79 Å². The average molecular weight is 290 g/mol. The van der Waals surface area contributed by atoms with Crippen LogP contribution in [0.4, 0.5) is 0 Å². The molecule has 0 aromatic carbocycles. The zero-order chi connectivity index (χ0) is 15.1. The van der Waals surface area contributed by atoms with Crippen molar-refractivity contribution in [2.24, 2.45) is 0 Å². The van der Waals surface area contributed by atoms with Crippen LogP contribution in [0.25, 0.3) is 0 Å². The molecule has 0 aliphatic rings. The Morgan fingerprint density at radius 3 is 3.10 bits per heavy atom. The largest absolute Gasteiger partial charge is 0.346 e. The van der Waals surface area contributed by atoms with Crippen molar-refractivity contribution in [3.63, 3.8) is 0 Å². The summed E-state index contributed by atoms with van der Waals surface area (Å²) < 4.78 is 1.84. The zero-order valence-corrected chi connectivity index (χ0v) is 12.5. The maximum absolute atomic E-state index is 12.0. The number of hydrogen-bond acceptors (Lipinski definition) is 4. The Morgan fingerprint density at radius 2 is 2.38 bits per heavy atom. The van der Waals surface area contributed by atoms with Crippen LogP contribution in [-0.2, 0) is 17.8 Å². The van der Waals surface area contributed by atoms with E-state index in [4.69, 9.17) is 0 Å². The van der Waals surface area contributed by atoms with Crippen LogP contribution in [0.5, 0.6) is 0 Å². The van der Waals surface area contributed by atoms with Gasteiger partial charge in [-0.1, -0.05) is 6.92 Å². The van der Waals surface area contributed by atoms with Crippen LogP contribution >= 0.6 is 0 Å². The number of H-pyrrole nitrogens is 1. The number of amides is 1. The molecule has 7 heteroatoms. The van der Waals surface area contributed by atoms with E-state index in [-0.39, 0.29) is 11.9 Å². The van der Waals surface area contributed by atoms with Crippen LogP contribution in [0, 0.1) is 0 Å². The lowest BCUT2D eigenvalue weighted by molar-refractivity contribution is -0.121. The molecule has 0 bridgehead atoms. The van der Waals surface area contributed by atoms with Crippen molar-refractivity contribution in [2.75, 3.05) is 0 Å². The highest BCUT2D eigenvalue weighted by Crippen LogP contribution is 2.10. The fraction of sp³-hybridized carbons (Fsp3) is 0.571. The van der Waals surface area contributed by atoms with Crippen molar-refractivity contribution in [1.29, 1.82) is 0 Å². The molecule has 0 fully saturated rings. The molecule has 21 heavy (non-hydrogen) atoms. The van der Waals surface area contributed by atoms with E-state index in [9.17, 15) is 4.79 Å². The van der Waals surface area contributed by atoms with Gasteiger partial charge in [-0.2, -0.15) is 10.2 Å². The molecule has 0 radical (unpaired) electrons. The first-order chi connectivity index (χ1) is 10.2. The summed E-state index contributed by atoms with van der Waals surface area (Å²) in [5.74, 6) is 0.845. The van der Waals surface area contributed by atoms with Crippen molar-refractivity contribution in [2.45, 2.75) is 52.1 Å². The van der Waals surface area contributed by atoms with Crippen molar-refractivity contribution in [3.8, 4) is 0 Å². The van der Waals surface area contributed by atoms with E-state index in [2.05, 4.69) is 32.5 Å². The van der Waals surface area contributed by atoms with Crippen molar-refractivity contribution in [3.05, 3.63) is 30.1 Å². The van der Waals surface area contributed by atoms with Gasteiger partial charge >= 0.3 is 0 Å². The van der Waals surface area contributed by atoms with Gasteiger partial charge in [0.05, 0.1) is 12.2 Å². The fourth-order valence-corrected chi connectivity index (χ4v) is 2.24. The number of carbonyl (C=O) groups is 1. The molecule has 0 saturated heterocycles. The van der Waals surface area contributed by atoms with Gasteiger partial charge < -0.3 is 5.32 Å². The predicted molar refractivity (Wildman–Crippen MR) is 78.4 cm³/mol. The molecule has 0 aliphatic heterocycles. The molecular formula is C14H22N6O. The lowest BCUT2D eigenvalue weighted by Gasteiger charge is -2.14. The minimum Gasteiger partial charge on any atom is -0.346 e. The molecule has 0 spiro atoms. The van der Waals surface area contributed by atoms with E-state index < -0.39 is 0 Å². The lowest BCUT2D eigenvalue weighted by atomic mass is 10.1. The number of hydrogen-bond donors (Lipinski definition) is 2. The normalized spacial score (nSPS) is 12.3. The Hall–Kier alpha value is -2.18. The first-order valence-electron chi connectivity index (χ1n) is 7.35. The van der Waals surface area contributed by atoms with Crippen LogP contribution in [0.3, 0.4) is 0 Å². The molecule has 7 nitrogen and oxygen atoms in total. The van der Waals surface area contributed by atoms with Gasteiger partial charge in [0, 0.05) is 19.2 Å². The van der Waals surface area contributed by atoms with E-state index in [0.717, 1.165) is 37.2 Å². The maximum Gasteiger partial charge on any atom is 0.220 e.